The van der Waals surface area contributed by atoms with Crippen LogP contribution in [0.5, 0.6) is 0 Å². The second kappa shape index (κ2) is 8.65. The van der Waals surface area contributed by atoms with Gasteiger partial charge in [0.1, 0.15) is 5.60 Å². The van der Waals surface area contributed by atoms with Gasteiger partial charge in [0.25, 0.3) is 0 Å². The summed E-state index contributed by atoms with van der Waals surface area (Å²) in [4.78, 5) is 27.8. The molecule has 0 aromatic carbocycles. The van der Waals surface area contributed by atoms with Gasteiger partial charge in [0.05, 0.1) is 6.42 Å². The fourth-order valence-corrected chi connectivity index (χ4v) is 2.09. The molecule has 0 spiro atoms. The number of ether oxygens (including phenoxy) is 1. The van der Waals surface area contributed by atoms with Crippen LogP contribution >= 0.6 is 0 Å². The molecule has 0 fully saturated rings. The molecule has 8 nitrogen and oxygen atoms in total. The van der Waals surface area contributed by atoms with Gasteiger partial charge in [0, 0.05) is 19.5 Å². The smallest absolute Gasteiger partial charge is 0.407 e. The molecule has 1 aromatic rings. The zero-order valence-electron chi connectivity index (χ0n) is 15.3. The van der Waals surface area contributed by atoms with Crippen LogP contribution in [0.1, 0.15) is 52.8 Å². The monoisotopic (exact) mass is 340 g/mol. The number of alkyl carbamates (subject to hydrolysis) is 1. The maximum Gasteiger partial charge on any atom is 0.407 e. The molecule has 8 heteroatoms. The first kappa shape index (κ1) is 19.9. The molecule has 2 amide bonds. The highest BCUT2D eigenvalue weighted by Crippen LogP contribution is 2.09. The molecule has 1 rings (SSSR count). The number of carbonyl (C=O) groups is 2. The minimum atomic E-state index is -0.563. The SMILES string of the molecule is Cc1nc(CC(=O)NCC(CC(C)C)NC(=O)OC(C)(C)C)no1. The predicted molar refractivity (Wildman–Crippen MR) is 88.4 cm³/mol. The van der Waals surface area contributed by atoms with Crippen molar-refractivity contribution in [1.82, 2.24) is 20.8 Å². The molecule has 0 saturated heterocycles. The van der Waals surface area contributed by atoms with Crippen molar-refractivity contribution < 1.29 is 18.8 Å². The van der Waals surface area contributed by atoms with E-state index in [1.807, 2.05) is 13.8 Å². The topological polar surface area (TPSA) is 106 Å². The van der Waals surface area contributed by atoms with Gasteiger partial charge < -0.3 is 19.9 Å². The molecule has 0 aliphatic heterocycles. The average Bonchev–Trinajstić information content (AvgIpc) is 2.78. The normalized spacial score (nSPS) is 12.8. The Labute approximate surface area is 142 Å². The Kier molecular flexibility index (Phi) is 7.18. The fraction of sp³-hybridized carbons (Fsp3) is 0.750. The first-order valence-electron chi connectivity index (χ1n) is 8.10. The minimum absolute atomic E-state index is 0.0399. The van der Waals surface area contributed by atoms with Crippen molar-refractivity contribution in [2.75, 3.05) is 6.54 Å². The van der Waals surface area contributed by atoms with E-state index in [-0.39, 0.29) is 18.4 Å². The molecule has 0 aliphatic rings. The molecule has 0 saturated carbocycles. The Balaban J connectivity index is 2.49. The van der Waals surface area contributed by atoms with Gasteiger partial charge >= 0.3 is 6.09 Å². The Bertz CT molecular complexity index is 549. The number of nitrogens with one attached hydrogen (secondary N) is 2. The van der Waals surface area contributed by atoms with Gasteiger partial charge in [-0.05, 0) is 33.1 Å². The number of nitrogens with zero attached hydrogens (tertiary/aromatic N) is 2. The molecule has 24 heavy (non-hydrogen) atoms. The summed E-state index contributed by atoms with van der Waals surface area (Å²) >= 11 is 0. The van der Waals surface area contributed by atoms with Gasteiger partial charge in [-0.2, -0.15) is 4.98 Å². The number of amides is 2. The van der Waals surface area contributed by atoms with Crippen LogP contribution in [0.3, 0.4) is 0 Å². The zero-order chi connectivity index (χ0) is 18.3. The molecule has 1 heterocycles. The zero-order valence-corrected chi connectivity index (χ0v) is 15.3. The second-order valence-electron chi connectivity index (χ2n) is 7.18. The van der Waals surface area contributed by atoms with Crippen molar-refractivity contribution in [3.63, 3.8) is 0 Å². The maximum absolute atomic E-state index is 11.9. The summed E-state index contributed by atoms with van der Waals surface area (Å²) in [7, 11) is 0. The highest BCUT2D eigenvalue weighted by atomic mass is 16.6. The summed E-state index contributed by atoms with van der Waals surface area (Å²) < 4.78 is 10.1. The maximum atomic E-state index is 11.9. The van der Waals surface area contributed by atoms with E-state index in [9.17, 15) is 9.59 Å². The summed E-state index contributed by atoms with van der Waals surface area (Å²) in [5, 5.41) is 9.27. The van der Waals surface area contributed by atoms with Crippen LogP contribution in [0.2, 0.25) is 0 Å². The number of aryl methyl sites for hydroxylation is 1. The molecular formula is C16H28N4O4. The van der Waals surface area contributed by atoms with Gasteiger partial charge in [0.2, 0.25) is 11.8 Å². The molecule has 0 radical (unpaired) electrons. The van der Waals surface area contributed by atoms with E-state index < -0.39 is 11.7 Å². The quantitative estimate of drug-likeness (QED) is 0.786. The molecule has 2 N–H and O–H groups in total. The molecule has 1 atom stereocenters. The molecule has 1 unspecified atom stereocenters. The molecule has 136 valence electrons. The Morgan fingerprint density at radius 2 is 1.96 bits per heavy atom. The van der Waals surface area contributed by atoms with Gasteiger partial charge in [-0.25, -0.2) is 4.79 Å². The number of hydrogen-bond acceptors (Lipinski definition) is 6. The van der Waals surface area contributed by atoms with E-state index in [0.717, 1.165) is 6.42 Å². The third-order valence-corrected chi connectivity index (χ3v) is 2.91. The van der Waals surface area contributed by atoms with E-state index in [0.29, 0.717) is 24.2 Å². The van der Waals surface area contributed by atoms with Crippen LogP contribution < -0.4 is 10.6 Å². The van der Waals surface area contributed by atoms with E-state index in [2.05, 4.69) is 20.8 Å². The van der Waals surface area contributed by atoms with Crippen LogP contribution in [-0.2, 0) is 16.0 Å². The third kappa shape index (κ3) is 8.50. The van der Waals surface area contributed by atoms with Crippen molar-refractivity contribution in [3.8, 4) is 0 Å². The molecule has 1 aromatic heterocycles. The van der Waals surface area contributed by atoms with Crippen LogP contribution in [0.4, 0.5) is 4.79 Å². The lowest BCUT2D eigenvalue weighted by Crippen LogP contribution is -2.46. The fourth-order valence-electron chi connectivity index (χ4n) is 2.09. The van der Waals surface area contributed by atoms with E-state index in [4.69, 9.17) is 9.26 Å². The summed E-state index contributed by atoms with van der Waals surface area (Å²) in [5.41, 5.74) is -0.563. The van der Waals surface area contributed by atoms with Crippen LogP contribution in [-0.4, -0.2) is 40.3 Å². The first-order valence-corrected chi connectivity index (χ1v) is 8.10. The molecule has 0 bridgehead atoms. The van der Waals surface area contributed by atoms with Crippen molar-refractivity contribution >= 4 is 12.0 Å². The second-order valence-corrected chi connectivity index (χ2v) is 7.18. The van der Waals surface area contributed by atoms with E-state index in [1.165, 1.54) is 0 Å². The Hall–Kier alpha value is -2.12. The summed E-state index contributed by atoms with van der Waals surface area (Å²) in [6, 6.07) is -0.212. The Morgan fingerprint density at radius 1 is 1.29 bits per heavy atom. The largest absolute Gasteiger partial charge is 0.444 e. The van der Waals surface area contributed by atoms with Gasteiger partial charge in [0.15, 0.2) is 5.82 Å². The van der Waals surface area contributed by atoms with Crippen LogP contribution in [0.25, 0.3) is 0 Å². The number of rotatable bonds is 7. The number of carbonyl (C=O) groups excluding carboxylic acids is 2. The standard InChI is InChI=1S/C16H28N4O4/c1-10(2)7-12(19-15(22)23-16(4,5)6)9-17-14(21)8-13-18-11(3)24-20-13/h10,12H,7-9H2,1-6H3,(H,17,21)(H,19,22). The molecular weight excluding hydrogens is 312 g/mol. The number of hydrogen-bond donors (Lipinski definition) is 2. The van der Waals surface area contributed by atoms with Crippen molar-refractivity contribution in [3.05, 3.63) is 11.7 Å². The first-order chi connectivity index (χ1) is 11.0. The van der Waals surface area contributed by atoms with Crippen molar-refractivity contribution in [2.45, 2.75) is 66.0 Å². The summed E-state index contributed by atoms with van der Waals surface area (Å²) in [6.07, 6.45) is 0.273. The van der Waals surface area contributed by atoms with Crippen LogP contribution in [0.15, 0.2) is 4.52 Å². The summed E-state index contributed by atoms with van der Waals surface area (Å²) in [5.74, 6) is 0.893. The van der Waals surface area contributed by atoms with Gasteiger partial charge in [-0.15, -0.1) is 0 Å². The number of aromatic nitrogens is 2. The third-order valence-electron chi connectivity index (χ3n) is 2.91. The van der Waals surface area contributed by atoms with Gasteiger partial charge in [-0.1, -0.05) is 19.0 Å². The van der Waals surface area contributed by atoms with Crippen molar-refractivity contribution in [1.29, 1.82) is 0 Å². The highest BCUT2D eigenvalue weighted by molar-refractivity contribution is 5.77. The van der Waals surface area contributed by atoms with E-state index >= 15 is 0 Å². The lowest BCUT2D eigenvalue weighted by Gasteiger charge is -2.24. The lowest BCUT2D eigenvalue weighted by molar-refractivity contribution is -0.120. The highest BCUT2D eigenvalue weighted by Gasteiger charge is 2.21. The summed E-state index contributed by atoms with van der Waals surface area (Å²) in [6.45, 7) is 11.5. The van der Waals surface area contributed by atoms with Crippen molar-refractivity contribution in [2.24, 2.45) is 5.92 Å². The van der Waals surface area contributed by atoms with Gasteiger partial charge in [-0.3, -0.25) is 4.79 Å². The van der Waals surface area contributed by atoms with Crippen LogP contribution in [0, 0.1) is 12.8 Å². The molecule has 0 aliphatic carbocycles. The Morgan fingerprint density at radius 3 is 2.46 bits per heavy atom. The average molecular weight is 340 g/mol. The minimum Gasteiger partial charge on any atom is -0.444 e. The predicted octanol–water partition coefficient (Wildman–Crippen LogP) is 1.98. The lowest BCUT2D eigenvalue weighted by atomic mass is 10.0. The van der Waals surface area contributed by atoms with E-state index in [1.54, 1.807) is 27.7 Å².